The monoisotopic (exact) mass is 299 g/mol. The van der Waals surface area contributed by atoms with Crippen molar-refractivity contribution >= 4 is 45.0 Å². The van der Waals surface area contributed by atoms with Crippen LogP contribution in [0.15, 0.2) is 22.7 Å². The number of fused-ring (bicyclic) bond motifs is 1. The van der Waals surface area contributed by atoms with Crippen molar-refractivity contribution in [3.05, 3.63) is 27.7 Å². The fraction of sp³-hybridized carbons (Fsp3) is 0.273. The minimum atomic E-state index is -0.0991. The van der Waals surface area contributed by atoms with E-state index in [1.807, 2.05) is 0 Å². The molecule has 2 fully saturated rings. The van der Waals surface area contributed by atoms with Crippen LogP contribution < -0.4 is 4.90 Å². The summed E-state index contributed by atoms with van der Waals surface area (Å²) < 4.78 is 0.708. The van der Waals surface area contributed by atoms with Crippen LogP contribution in [-0.2, 0) is 9.59 Å². The second kappa shape index (κ2) is 3.31. The van der Waals surface area contributed by atoms with Gasteiger partial charge in [0, 0.05) is 9.50 Å². The van der Waals surface area contributed by atoms with E-state index in [0.29, 0.717) is 21.6 Å². The summed E-state index contributed by atoms with van der Waals surface area (Å²) in [5.74, 6) is -0.368. The van der Waals surface area contributed by atoms with E-state index >= 15 is 0 Å². The highest BCUT2D eigenvalue weighted by Gasteiger charge is 2.59. The third-order valence-corrected chi connectivity index (χ3v) is 3.92. The summed E-state index contributed by atoms with van der Waals surface area (Å²) in [7, 11) is 0. The summed E-state index contributed by atoms with van der Waals surface area (Å²) >= 11 is 9.19. The number of piperidine rings is 1. The van der Waals surface area contributed by atoms with Crippen LogP contribution in [0.1, 0.15) is 6.42 Å². The van der Waals surface area contributed by atoms with Gasteiger partial charge in [0.2, 0.25) is 11.8 Å². The third-order valence-electron chi connectivity index (χ3n) is 3.01. The summed E-state index contributed by atoms with van der Waals surface area (Å²) in [4.78, 5) is 25.0. The van der Waals surface area contributed by atoms with Crippen LogP contribution in [-0.4, -0.2) is 11.8 Å². The van der Waals surface area contributed by atoms with Gasteiger partial charge in [-0.05, 0) is 40.5 Å². The van der Waals surface area contributed by atoms with Crippen molar-refractivity contribution in [1.29, 1.82) is 0 Å². The van der Waals surface area contributed by atoms with Gasteiger partial charge >= 0.3 is 0 Å². The zero-order valence-corrected chi connectivity index (χ0v) is 10.5. The smallest absolute Gasteiger partial charge is 0.237 e. The molecule has 1 aromatic carbocycles. The Kier molecular flexibility index (Phi) is 2.13. The first-order valence-corrected chi connectivity index (χ1v) is 6.09. The molecule has 2 atom stereocenters. The molecule has 2 unspecified atom stereocenters. The first-order valence-electron chi connectivity index (χ1n) is 4.92. The number of rotatable bonds is 1. The Morgan fingerprint density at radius 1 is 1.25 bits per heavy atom. The van der Waals surface area contributed by atoms with E-state index in [0.717, 1.165) is 0 Å². The van der Waals surface area contributed by atoms with Gasteiger partial charge in [-0.1, -0.05) is 11.6 Å². The molecule has 0 radical (unpaired) electrons. The second-order valence-corrected chi connectivity index (χ2v) is 5.35. The number of amides is 2. The lowest BCUT2D eigenvalue weighted by atomic mass is 10.2. The van der Waals surface area contributed by atoms with Gasteiger partial charge in [0.05, 0.1) is 17.5 Å². The fourth-order valence-corrected chi connectivity index (χ4v) is 2.67. The maximum atomic E-state index is 11.9. The Morgan fingerprint density at radius 3 is 2.50 bits per heavy atom. The minimum absolute atomic E-state index is 0.0848. The Labute approximate surface area is 105 Å². The molecule has 5 heteroatoms. The molecule has 0 aromatic heterocycles. The quantitative estimate of drug-likeness (QED) is 0.748. The van der Waals surface area contributed by atoms with Crippen molar-refractivity contribution in [2.45, 2.75) is 6.42 Å². The Balaban J connectivity index is 2.07. The largest absolute Gasteiger partial charge is 0.274 e. The third kappa shape index (κ3) is 1.33. The molecule has 2 aliphatic rings. The lowest BCUT2D eigenvalue weighted by Gasteiger charge is -2.18. The second-order valence-electron chi connectivity index (χ2n) is 4.06. The molecule has 1 saturated carbocycles. The van der Waals surface area contributed by atoms with Crippen LogP contribution in [0.5, 0.6) is 0 Å². The van der Waals surface area contributed by atoms with Crippen molar-refractivity contribution < 1.29 is 9.59 Å². The maximum Gasteiger partial charge on any atom is 0.237 e. The van der Waals surface area contributed by atoms with Crippen LogP contribution in [0.25, 0.3) is 0 Å². The summed E-state index contributed by atoms with van der Waals surface area (Å²) in [5, 5.41) is 0.513. The van der Waals surface area contributed by atoms with Gasteiger partial charge in [0.25, 0.3) is 0 Å². The minimum Gasteiger partial charge on any atom is -0.274 e. The van der Waals surface area contributed by atoms with Crippen molar-refractivity contribution in [2.75, 3.05) is 4.90 Å². The van der Waals surface area contributed by atoms with Crippen LogP contribution in [0, 0.1) is 11.8 Å². The SMILES string of the molecule is O=C1C2CC2C(=O)N1c1cc(Cl)ccc1Br. The number of anilines is 1. The predicted molar refractivity (Wildman–Crippen MR) is 63.2 cm³/mol. The molecule has 1 saturated heterocycles. The molecule has 0 bridgehead atoms. The summed E-state index contributed by atoms with van der Waals surface area (Å²) in [5.41, 5.74) is 0.551. The topological polar surface area (TPSA) is 37.4 Å². The van der Waals surface area contributed by atoms with Gasteiger partial charge in [-0.3, -0.25) is 9.59 Å². The zero-order chi connectivity index (χ0) is 11.4. The molecule has 1 aromatic rings. The van der Waals surface area contributed by atoms with Gasteiger partial charge in [0.1, 0.15) is 0 Å². The van der Waals surface area contributed by atoms with Crippen molar-refractivity contribution in [1.82, 2.24) is 0 Å². The molecule has 1 aliphatic carbocycles. The molecule has 0 N–H and O–H groups in total. The van der Waals surface area contributed by atoms with Gasteiger partial charge in [-0.25, -0.2) is 4.90 Å². The van der Waals surface area contributed by atoms with Gasteiger partial charge in [0.15, 0.2) is 0 Å². The fourth-order valence-electron chi connectivity index (χ4n) is 2.08. The van der Waals surface area contributed by atoms with Crippen LogP contribution in [0.2, 0.25) is 5.02 Å². The van der Waals surface area contributed by atoms with Crippen LogP contribution >= 0.6 is 27.5 Å². The van der Waals surface area contributed by atoms with Gasteiger partial charge < -0.3 is 0 Å². The Bertz CT molecular complexity index is 497. The normalized spacial score (nSPS) is 27.2. The van der Waals surface area contributed by atoms with E-state index < -0.39 is 0 Å². The molecule has 16 heavy (non-hydrogen) atoms. The number of carbonyl (C=O) groups excluding carboxylic acids is 2. The molecule has 3 rings (SSSR count). The van der Waals surface area contributed by atoms with Crippen LogP contribution in [0.4, 0.5) is 5.69 Å². The Hall–Kier alpha value is -0.870. The van der Waals surface area contributed by atoms with Crippen LogP contribution in [0.3, 0.4) is 0 Å². The van der Waals surface area contributed by atoms with Crippen molar-refractivity contribution in [3.8, 4) is 0 Å². The number of hydrogen-bond acceptors (Lipinski definition) is 2. The molecule has 0 spiro atoms. The van der Waals surface area contributed by atoms with Gasteiger partial charge in [-0.15, -0.1) is 0 Å². The predicted octanol–water partition coefficient (Wildman–Crippen LogP) is 2.61. The molecule has 82 valence electrons. The molecule has 3 nitrogen and oxygen atoms in total. The number of hydrogen-bond donors (Lipinski definition) is 0. The van der Waals surface area contributed by atoms with E-state index in [1.165, 1.54) is 4.90 Å². The van der Waals surface area contributed by atoms with E-state index in [2.05, 4.69) is 15.9 Å². The first-order chi connectivity index (χ1) is 7.59. The number of benzene rings is 1. The van der Waals surface area contributed by atoms with E-state index in [1.54, 1.807) is 18.2 Å². The Morgan fingerprint density at radius 2 is 1.88 bits per heavy atom. The highest BCUT2D eigenvalue weighted by molar-refractivity contribution is 9.10. The number of nitrogens with zero attached hydrogens (tertiary/aromatic N) is 1. The molecule has 1 aliphatic heterocycles. The highest BCUT2D eigenvalue weighted by Crippen LogP contribution is 2.49. The summed E-state index contributed by atoms with van der Waals surface area (Å²) in [6, 6.07) is 5.08. The average Bonchev–Trinajstić information content (AvgIpc) is 2.98. The zero-order valence-electron chi connectivity index (χ0n) is 8.11. The summed E-state index contributed by atoms with van der Waals surface area (Å²) in [6.07, 6.45) is 0.715. The lowest BCUT2D eigenvalue weighted by Crippen LogP contribution is -2.33. The maximum absolute atomic E-state index is 11.9. The van der Waals surface area contributed by atoms with E-state index in [-0.39, 0.29) is 23.7 Å². The molecule has 2 amide bonds. The standard InChI is InChI=1S/C11H7BrClNO2/c12-8-2-1-5(13)3-9(8)14-10(15)6-4-7(6)11(14)16/h1-3,6-7H,4H2. The lowest BCUT2D eigenvalue weighted by molar-refractivity contribution is -0.123. The van der Waals surface area contributed by atoms with Crippen molar-refractivity contribution in [2.24, 2.45) is 11.8 Å². The summed E-state index contributed by atoms with van der Waals surface area (Å²) in [6.45, 7) is 0. The van der Waals surface area contributed by atoms with E-state index in [4.69, 9.17) is 11.6 Å². The molecular formula is C11H7BrClNO2. The average molecular weight is 301 g/mol. The molecular weight excluding hydrogens is 293 g/mol. The number of halogens is 2. The highest BCUT2D eigenvalue weighted by atomic mass is 79.9. The van der Waals surface area contributed by atoms with Crippen molar-refractivity contribution in [3.63, 3.8) is 0 Å². The number of carbonyl (C=O) groups is 2. The number of imide groups is 1. The van der Waals surface area contributed by atoms with E-state index in [9.17, 15) is 9.59 Å². The first kappa shape index (κ1) is 10.3. The molecule has 1 heterocycles. The van der Waals surface area contributed by atoms with Gasteiger partial charge in [-0.2, -0.15) is 0 Å².